The fourth-order valence-electron chi connectivity index (χ4n) is 4.95. The molecule has 2 bridgehead atoms. The molecule has 2 fully saturated rings. The van der Waals surface area contributed by atoms with Crippen molar-refractivity contribution in [3.8, 4) is 11.5 Å². The maximum Gasteiger partial charge on any atom is 0.416 e. The highest BCUT2D eigenvalue weighted by molar-refractivity contribution is 5.87. The molecule has 1 N–H and O–H groups in total. The van der Waals surface area contributed by atoms with Crippen LogP contribution in [0.3, 0.4) is 0 Å². The molecule has 0 unspecified atom stereocenters. The summed E-state index contributed by atoms with van der Waals surface area (Å²) in [4.78, 5) is 16.0. The van der Waals surface area contributed by atoms with Crippen LogP contribution in [0.25, 0.3) is 0 Å². The van der Waals surface area contributed by atoms with E-state index in [4.69, 9.17) is 9.84 Å². The number of benzene rings is 3. The summed E-state index contributed by atoms with van der Waals surface area (Å²) in [6.07, 6.45) is -3.23. The average Bonchev–Trinajstić information content (AvgIpc) is 3.40. The summed E-state index contributed by atoms with van der Waals surface area (Å²) in [5.74, 6) is 0.0310. The van der Waals surface area contributed by atoms with Gasteiger partial charge in [0.2, 0.25) is 0 Å². The Kier molecular flexibility index (Phi) is 6.25. The molecule has 0 saturated carbocycles. The number of ether oxygens (including phenoxy) is 1. The fraction of sp³-hybridized carbons (Fsp3) is 0.296. The number of aromatic carboxylic acids is 1. The molecule has 182 valence electrons. The molecule has 0 amide bonds. The molecule has 2 saturated heterocycles. The van der Waals surface area contributed by atoms with Gasteiger partial charge in [-0.15, -0.1) is 0 Å². The van der Waals surface area contributed by atoms with E-state index < -0.39 is 17.7 Å². The molecule has 8 heteroatoms. The van der Waals surface area contributed by atoms with E-state index in [-0.39, 0.29) is 0 Å². The van der Waals surface area contributed by atoms with Gasteiger partial charge in [-0.2, -0.15) is 13.2 Å². The largest absolute Gasteiger partial charge is 0.478 e. The van der Waals surface area contributed by atoms with Crippen molar-refractivity contribution in [1.82, 2.24) is 9.80 Å². The first-order chi connectivity index (χ1) is 16.7. The van der Waals surface area contributed by atoms with Gasteiger partial charge in [-0.3, -0.25) is 9.80 Å². The van der Waals surface area contributed by atoms with E-state index in [1.807, 2.05) is 36.4 Å². The number of carbonyl (C=O) groups is 1. The topological polar surface area (TPSA) is 53.0 Å². The van der Waals surface area contributed by atoms with Crippen LogP contribution in [0.5, 0.6) is 11.5 Å². The maximum atomic E-state index is 12.7. The number of nitrogens with zero attached hydrogens (tertiary/aromatic N) is 2. The summed E-state index contributed by atoms with van der Waals surface area (Å²) in [6.45, 7) is 3.63. The number of halogens is 3. The highest BCUT2D eigenvalue weighted by Gasteiger charge is 2.42. The first-order valence-electron chi connectivity index (χ1n) is 11.5. The Morgan fingerprint density at radius 2 is 1.26 bits per heavy atom. The van der Waals surface area contributed by atoms with E-state index in [0.29, 0.717) is 29.1 Å². The predicted octanol–water partition coefficient (Wildman–Crippen LogP) is 5.65. The van der Waals surface area contributed by atoms with E-state index >= 15 is 0 Å². The van der Waals surface area contributed by atoms with Gasteiger partial charge in [0.1, 0.15) is 11.5 Å². The van der Waals surface area contributed by atoms with Crippen molar-refractivity contribution >= 4 is 5.97 Å². The summed E-state index contributed by atoms with van der Waals surface area (Å²) in [6, 6.07) is 20.4. The van der Waals surface area contributed by atoms with Crippen molar-refractivity contribution in [3.05, 3.63) is 95.1 Å². The van der Waals surface area contributed by atoms with Crippen LogP contribution in [0, 0.1) is 0 Å². The molecule has 0 aliphatic carbocycles. The second-order valence-electron chi connectivity index (χ2n) is 9.17. The number of hydrogen-bond acceptors (Lipinski definition) is 4. The Bertz CT molecular complexity index is 1180. The number of carboxylic acid groups (broad SMARTS) is 1. The lowest BCUT2D eigenvalue weighted by Crippen LogP contribution is -2.45. The van der Waals surface area contributed by atoms with Gasteiger partial charge in [0, 0.05) is 38.3 Å². The Labute approximate surface area is 201 Å². The van der Waals surface area contributed by atoms with E-state index in [9.17, 15) is 18.0 Å². The minimum absolute atomic E-state index is 0.304. The molecule has 5 nitrogen and oxygen atoms in total. The molecule has 0 spiro atoms. The van der Waals surface area contributed by atoms with Gasteiger partial charge in [0.05, 0.1) is 11.1 Å². The molecule has 3 aromatic rings. The third-order valence-electron chi connectivity index (χ3n) is 6.78. The van der Waals surface area contributed by atoms with E-state index in [0.717, 1.165) is 55.9 Å². The zero-order valence-corrected chi connectivity index (χ0v) is 18.9. The summed E-state index contributed by atoms with van der Waals surface area (Å²) >= 11 is 0. The Hall–Kier alpha value is -3.36. The molecule has 0 radical (unpaired) electrons. The SMILES string of the molecule is O=C(O)c1ccc(CN2C[C@@H]3C[C@H]2CN3Cc2ccc(Oc3ccc(C(F)(F)F)cc3)cc2)cc1. The van der Waals surface area contributed by atoms with Crippen molar-refractivity contribution in [2.45, 2.75) is 37.8 Å². The number of hydrogen-bond donors (Lipinski definition) is 1. The molecular formula is C27H25F3N2O3. The lowest BCUT2D eigenvalue weighted by atomic mass is 10.1. The molecular weight excluding hydrogens is 457 g/mol. The summed E-state index contributed by atoms with van der Waals surface area (Å²) in [7, 11) is 0. The second-order valence-corrected chi connectivity index (χ2v) is 9.17. The van der Waals surface area contributed by atoms with Gasteiger partial charge in [-0.25, -0.2) is 4.79 Å². The lowest BCUT2D eigenvalue weighted by molar-refractivity contribution is -0.137. The average molecular weight is 483 g/mol. The van der Waals surface area contributed by atoms with Crippen molar-refractivity contribution in [2.75, 3.05) is 13.1 Å². The third-order valence-corrected chi connectivity index (χ3v) is 6.78. The smallest absolute Gasteiger partial charge is 0.416 e. The van der Waals surface area contributed by atoms with Crippen molar-refractivity contribution in [2.24, 2.45) is 0 Å². The van der Waals surface area contributed by atoms with Gasteiger partial charge in [0.15, 0.2) is 0 Å². The van der Waals surface area contributed by atoms with Gasteiger partial charge < -0.3 is 9.84 Å². The lowest BCUT2D eigenvalue weighted by Gasteiger charge is -2.34. The van der Waals surface area contributed by atoms with Crippen LogP contribution in [0.1, 0.15) is 33.5 Å². The minimum Gasteiger partial charge on any atom is -0.478 e. The Balaban J connectivity index is 1.13. The number of piperazine rings is 1. The van der Waals surface area contributed by atoms with Crippen LogP contribution in [0.4, 0.5) is 13.2 Å². The first-order valence-corrected chi connectivity index (χ1v) is 11.5. The van der Waals surface area contributed by atoms with Gasteiger partial charge in [0.25, 0.3) is 0 Å². The molecule has 5 rings (SSSR count). The molecule has 2 aliphatic heterocycles. The molecule has 0 aromatic heterocycles. The molecule has 3 aromatic carbocycles. The number of fused-ring (bicyclic) bond motifs is 2. The summed E-state index contributed by atoms with van der Waals surface area (Å²) in [5, 5.41) is 9.05. The highest BCUT2D eigenvalue weighted by atomic mass is 19.4. The summed E-state index contributed by atoms with van der Waals surface area (Å²) in [5.41, 5.74) is 1.89. The van der Waals surface area contributed by atoms with Gasteiger partial charge >= 0.3 is 12.1 Å². The van der Waals surface area contributed by atoms with E-state index in [2.05, 4.69) is 9.80 Å². The first kappa shape index (κ1) is 23.4. The maximum absolute atomic E-state index is 12.7. The zero-order valence-electron chi connectivity index (χ0n) is 18.9. The van der Waals surface area contributed by atoms with E-state index in [1.54, 1.807) is 12.1 Å². The van der Waals surface area contributed by atoms with Gasteiger partial charge in [-0.05, 0) is 66.1 Å². The molecule has 2 heterocycles. The highest BCUT2D eigenvalue weighted by Crippen LogP contribution is 2.34. The number of alkyl halides is 3. The zero-order chi connectivity index (χ0) is 24.6. The van der Waals surface area contributed by atoms with Crippen LogP contribution in [0.2, 0.25) is 0 Å². The second kappa shape index (κ2) is 9.36. The number of carboxylic acids is 1. The van der Waals surface area contributed by atoms with Crippen molar-refractivity contribution in [3.63, 3.8) is 0 Å². The monoisotopic (exact) mass is 482 g/mol. The normalized spacial score (nSPS) is 20.3. The third kappa shape index (κ3) is 5.33. The van der Waals surface area contributed by atoms with Crippen LogP contribution in [-0.2, 0) is 19.3 Å². The summed E-state index contributed by atoms with van der Waals surface area (Å²) < 4.78 is 43.8. The van der Waals surface area contributed by atoms with Crippen molar-refractivity contribution < 1.29 is 27.8 Å². The number of rotatable bonds is 7. The standard InChI is InChI=1S/C27H25F3N2O3/c28-27(29,30)21-7-11-25(12-8-21)35-24-9-3-19(4-10-24)15-32-17-22-13-23(32)16-31(22)14-18-1-5-20(6-2-18)26(33)34/h1-12,22-23H,13-17H2,(H,33,34)/t22-,23-/m0/s1. The molecule has 2 atom stereocenters. The molecule has 35 heavy (non-hydrogen) atoms. The van der Waals surface area contributed by atoms with E-state index in [1.165, 1.54) is 12.1 Å². The Morgan fingerprint density at radius 1 is 0.800 bits per heavy atom. The van der Waals surface area contributed by atoms with Crippen LogP contribution in [-0.4, -0.2) is 46.0 Å². The fourth-order valence-corrected chi connectivity index (χ4v) is 4.95. The van der Waals surface area contributed by atoms with Gasteiger partial charge in [-0.1, -0.05) is 24.3 Å². The minimum atomic E-state index is -4.36. The van der Waals surface area contributed by atoms with Crippen LogP contribution in [0.15, 0.2) is 72.8 Å². The number of likely N-dealkylation sites (tertiary alicyclic amines) is 2. The Morgan fingerprint density at radius 3 is 1.69 bits per heavy atom. The van der Waals surface area contributed by atoms with Crippen molar-refractivity contribution in [1.29, 1.82) is 0 Å². The quantitative estimate of drug-likeness (QED) is 0.471. The predicted molar refractivity (Wildman–Crippen MR) is 124 cm³/mol. The van der Waals surface area contributed by atoms with Crippen LogP contribution < -0.4 is 4.74 Å². The van der Waals surface area contributed by atoms with Crippen LogP contribution >= 0.6 is 0 Å². The molecule has 2 aliphatic rings.